The van der Waals surface area contributed by atoms with Gasteiger partial charge >= 0.3 is 0 Å². The third kappa shape index (κ3) is 4.57. The molecule has 1 aliphatic heterocycles. The summed E-state index contributed by atoms with van der Waals surface area (Å²) < 4.78 is 5.61. The van der Waals surface area contributed by atoms with Gasteiger partial charge in [0.25, 0.3) is 0 Å². The zero-order valence-electron chi connectivity index (χ0n) is 14.2. The van der Waals surface area contributed by atoms with E-state index in [2.05, 4.69) is 4.98 Å². The molecular formula is C18H21N3O3S. The number of carbonyl (C=O) groups is 2. The van der Waals surface area contributed by atoms with Crippen LogP contribution in [0.1, 0.15) is 18.5 Å². The summed E-state index contributed by atoms with van der Waals surface area (Å²) in [7, 11) is 1.76. The lowest BCUT2D eigenvalue weighted by molar-refractivity contribution is -0.129. The summed E-state index contributed by atoms with van der Waals surface area (Å²) in [6.45, 7) is 1.67. The standard InChI is InChI=1S/C18H21N3O3S/c1-20(10-11-24-15-6-3-2-4-7-15)17(23)12-14-13-25-18(19-14)21-9-5-8-16(21)22/h2-4,6-7,13H,5,8-12H2,1H3. The molecule has 0 unspecified atom stereocenters. The van der Waals surface area contributed by atoms with Crippen LogP contribution in [0.25, 0.3) is 0 Å². The number of thiazole rings is 1. The Hall–Kier alpha value is -2.41. The second-order valence-corrected chi connectivity index (χ2v) is 6.76. The van der Waals surface area contributed by atoms with Gasteiger partial charge in [0.05, 0.1) is 18.7 Å². The molecule has 6 nitrogen and oxygen atoms in total. The van der Waals surface area contributed by atoms with Gasteiger partial charge in [-0.05, 0) is 18.6 Å². The Balaban J connectivity index is 1.46. The summed E-state index contributed by atoms with van der Waals surface area (Å²) >= 11 is 1.42. The summed E-state index contributed by atoms with van der Waals surface area (Å²) in [5, 5.41) is 2.55. The van der Waals surface area contributed by atoms with Crippen LogP contribution in [0.4, 0.5) is 5.13 Å². The highest BCUT2D eigenvalue weighted by Gasteiger charge is 2.24. The maximum atomic E-state index is 12.3. The monoisotopic (exact) mass is 359 g/mol. The van der Waals surface area contributed by atoms with Crippen molar-refractivity contribution in [2.45, 2.75) is 19.3 Å². The minimum absolute atomic E-state index is 0.0127. The van der Waals surface area contributed by atoms with E-state index in [9.17, 15) is 9.59 Å². The number of hydrogen-bond acceptors (Lipinski definition) is 5. The maximum absolute atomic E-state index is 12.3. The van der Waals surface area contributed by atoms with Crippen molar-refractivity contribution in [3.05, 3.63) is 41.4 Å². The first kappa shape index (κ1) is 17.4. The van der Waals surface area contributed by atoms with E-state index in [1.165, 1.54) is 11.3 Å². The number of likely N-dealkylation sites (N-methyl/N-ethyl adjacent to an activating group) is 1. The molecule has 0 aliphatic carbocycles. The van der Waals surface area contributed by atoms with Gasteiger partial charge in [-0.25, -0.2) is 4.98 Å². The van der Waals surface area contributed by atoms with Gasteiger partial charge in [-0.2, -0.15) is 0 Å². The van der Waals surface area contributed by atoms with Crippen LogP contribution >= 0.6 is 11.3 Å². The van der Waals surface area contributed by atoms with E-state index in [4.69, 9.17) is 4.74 Å². The fourth-order valence-electron chi connectivity index (χ4n) is 2.58. The number of aromatic nitrogens is 1. The molecule has 2 amide bonds. The highest BCUT2D eigenvalue weighted by atomic mass is 32.1. The smallest absolute Gasteiger partial charge is 0.228 e. The Morgan fingerprint density at radius 2 is 2.16 bits per heavy atom. The summed E-state index contributed by atoms with van der Waals surface area (Å²) in [6.07, 6.45) is 1.69. The topological polar surface area (TPSA) is 62.7 Å². The van der Waals surface area contributed by atoms with Crippen LogP contribution in [0.3, 0.4) is 0 Å². The number of amides is 2. The number of ether oxygens (including phenoxy) is 1. The summed E-state index contributed by atoms with van der Waals surface area (Å²) in [4.78, 5) is 31.8. The van der Waals surface area contributed by atoms with Gasteiger partial charge in [0.1, 0.15) is 12.4 Å². The number of carbonyl (C=O) groups excluding carboxylic acids is 2. The minimum Gasteiger partial charge on any atom is -0.492 e. The van der Waals surface area contributed by atoms with E-state index in [0.29, 0.717) is 30.4 Å². The Bertz CT molecular complexity index is 732. The number of benzene rings is 1. The van der Waals surface area contributed by atoms with Crippen molar-refractivity contribution >= 4 is 28.3 Å². The number of nitrogens with zero attached hydrogens (tertiary/aromatic N) is 3. The van der Waals surface area contributed by atoms with Crippen molar-refractivity contribution in [2.75, 3.05) is 31.6 Å². The van der Waals surface area contributed by atoms with Crippen LogP contribution in [-0.4, -0.2) is 48.4 Å². The SMILES string of the molecule is CN(CCOc1ccccc1)C(=O)Cc1csc(N2CCCC2=O)n1. The molecule has 1 aromatic heterocycles. The number of para-hydroxylation sites is 1. The zero-order valence-corrected chi connectivity index (χ0v) is 15.0. The van der Waals surface area contributed by atoms with Crippen LogP contribution in [-0.2, 0) is 16.0 Å². The van der Waals surface area contributed by atoms with Crippen LogP contribution in [0.2, 0.25) is 0 Å². The van der Waals surface area contributed by atoms with Crippen molar-refractivity contribution in [1.82, 2.24) is 9.88 Å². The van der Waals surface area contributed by atoms with Crippen molar-refractivity contribution in [3.8, 4) is 5.75 Å². The van der Waals surface area contributed by atoms with E-state index in [-0.39, 0.29) is 18.2 Å². The Morgan fingerprint density at radius 1 is 1.36 bits per heavy atom. The fraction of sp³-hybridized carbons (Fsp3) is 0.389. The molecule has 1 aromatic carbocycles. The van der Waals surface area contributed by atoms with Crippen molar-refractivity contribution < 1.29 is 14.3 Å². The van der Waals surface area contributed by atoms with E-state index in [1.54, 1.807) is 16.8 Å². The largest absolute Gasteiger partial charge is 0.492 e. The van der Waals surface area contributed by atoms with Crippen LogP contribution < -0.4 is 9.64 Å². The van der Waals surface area contributed by atoms with Crippen LogP contribution in [0, 0.1) is 0 Å². The lowest BCUT2D eigenvalue weighted by Gasteiger charge is -2.17. The van der Waals surface area contributed by atoms with Crippen molar-refractivity contribution in [3.63, 3.8) is 0 Å². The van der Waals surface area contributed by atoms with Gasteiger partial charge in [0.15, 0.2) is 5.13 Å². The third-order valence-corrected chi connectivity index (χ3v) is 4.95. The van der Waals surface area contributed by atoms with Gasteiger partial charge in [-0.15, -0.1) is 11.3 Å². The van der Waals surface area contributed by atoms with Gasteiger partial charge < -0.3 is 9.64 Å². The molecule has 0 atom stereocenters. The molecule has 0 radical (unpaired) electrons. The molecule has 0 N–H and O–H groups in total. The van der Waals surface area contributed by atoms with Crippen molar-refractivity contribution in [1.29, 1.82) is 0 Å². The number of anilines is 1. The average Bonchev–Trinajstić information content (AvgIpc) is 3.24. The molecule has 0 bridgehead atoms. The zero-order chi connectivity index (χ0) is 17.6. The van der Waals surface area contributed by atoms with Gasteiger partial charge in [-0.1, -0.05) is 18.2 Å². The number of hydrogen-bond donors (Lipinski definition) is 0. The summed E-state index contributed by atoms with van der Waals surface area (Å²) in [5.74, 6) is 0.895. The normalized spacial score (nSPS) is 14.0. The molecule has 3 rings (SSSR count). The quantitative estimate of drug-likeness (QED) is 0.761. The Kier molecular flexibility index (Phi) is 5.65. The van der Waals surface area contributed by atoms with Crippen LogP contribution in [0.15, 0.2) is 35.7 Å². The van der Waals surface area contributed by atoms with E-state index in [1.807, 2.05) is 35.7 Å². The molecule has 1 fully saturated rings. The summed E-state index contributed by atoms with van der Waals surface area (Å²) in [5.41, 5.74) is 0.709. The lowest BCUT2D eigenvalue weighted by atomic mass is 10.3. The molecule has 132 valence electrons. The molecule has 1 saturated heterocycles. The molecule has 0 spiro atoms. The van der Waals surface area contributed by atoms with Gasteiger partial charge in [0, 0.05) is 25.4 Å². The first-order valence-electron chi connectivity index (χ1n) is 8.30. The Morgan fingerprint density at radius 3 is 2.88 bits per heavy atom. The molecule has 0 saturated carbocycles. The molecule has 1 aliphatic rings. The predicted molar refractivity (Wildman–Crippen MR) is 97.0 cm³/mol. The van der Waals surface area contributed by atoms with Gasteiger partial charge in [-0.3, -0.25) is 14.5 Å². The lowest BCUT2D eigenvalue weighted by Crippen LogP contribution is -2.32. The van der Waals surface area contributed by atoms with E-state index in [0.717, 1.165) is 18.7 Å². The fourth-order valence-corrected chi connectivity index (χ4v) is 3.45. The first-order chi connectivity index (χ1) is 12.1. The minimum atomic E-state index is -0.0127. The van der Waals surface area contributed by atoms with E-state index < -0.39 is 0 Å². The highest BCUT2D eigenvalue weighted by molar-refractivity contribution is 7.14. The predicted octanol–water partition coefficient (Wildman–Crippen LogP) is 2.35. The first-order valence-corrected chi connectivity index (χ1v) is 9.18. The molecule has 25 heavy (non-hydrogen) atoms. The highest BCUT2D eigenvalue weighted by Crippen LogP contribution is 2.25. The molecule has 7 heteroatoms. The average molecular weight is 359 g/mol. The van der Waals surface area contributed by atoms with E-state index >= 15 is 0 Å². The second-order valence-electron chi connectivity index (χ2n) is 5.92. The Labute approximate surface area is 151 Å². The third-order valence-electron chi connectivity index (χ3n) is 4.04. The molecule has 2 aromatic rings. The van der Waals surface area contributed by atoms with Crippen LogP contribution in [0.5, 0.6) is 5.75 Å². The number of rotatable bonds is 7. The second kappa shape index (κ2) is 8.11. The maximum Gasteiger partial charge on any atom is 0.228 e. The van der Waals surface area contributed by atoms with Crippen molar-refractivity contribution in [2.24, 2.45) is 0 Å². The summed E-state index contributed by atoms with van der Waals surface area (Å²) in [6, 6.07) is 9.53. The molecule has 2 heterocycles. The molecular weight excluding hydrogens is 338 g/mol. The van der Waals surface area contributed by atoms with Gasteiger partial charge in [0.2, 0.25) is 11.8 Å².